The van der Waals surface area contributed by atoms with Gasteiger partial charge in [0.1, 0.15) is 36.3 Å². The summed E-state index contributed by atoms with van der Waals surface area (Å²) in [4.78, 5) is 0. The zero-order valence-corrected chi connectivity index (χ0v) is 13.0. The highest BCUT2D eigenvalue weighted by Crippen LogP contribution is 2.33. The lowest BCUT2D eigenvalue weighted by Gasteiger charge is -2.40. The first-order valence-corrected chi connectivity index (χ1v) is 7.60. The molecule has 1 heterocycles. The smallest absolute Gasteiger partial charge is 0.119 e. The first-order valence-electron chi connectivity index (χ1n) is 7.60. The van der Waals surface area contributed by atoms with E-state index in [-0.39, 0.29) is 0 Å². The number of aliphatic hydroxyl groups is 4. The minimum atomic E-state index is -1.38. The fourth-order valence-corrected chi connectivity index (χ4v) is 2.52. The maximum atomic E-state index is 10.1. The minimum absolute atomic E-state index is 0.442. The van der Waals surface area contributed by atoms with Gasteiger partial charge in [0.2, 0.25) is 0 Å². The van der Waals surface area contributed by atoms with Gasteiger partial charge in [0.25, 0.3) is 0 Å². The molecular weight excluding hydrogens is 304 g/mol. The normalized spacial score (nSPS) is 31.1. The Kier molecular flexibility index (Phi) is 6.76. The monoisotopic (exact) mass is 328 g/mol. The van der Waals surface area contributed by atoms with Gasteiger partial charge in [-0.05, 0) is 17.7 Å². The lowest BCUT2D eigenvalue weighted by Crippen LogP contribution is -2.55. The van der Waals surface area contributed by atoms with Crippen LogP contribution < -0.4 is 4.74 Å². The lowest BCUT2D eigenvalue weighted by molar-refractivity contribution is -0.231. The summed E-state index contributed by atoms with van der Waals surface area (Å²) in [6.45, 7) is 0.721. The summed E-state index contributed by atoms with van der Waals surface area (Å²) in [5.74, 6) is 0.675. The molecule has 0 aliphatic carbocycles. The van der Waals surface area contributed by atoms with Crippen LogP contribution >= 0.6 is 0 Å². The van der Waals surface area contributed by atoms with E-state index in [0.29, 0.717) is 24.5 Å². The zero-order valence-electron chi connectivity index (χ0n) is 13.0. The summed E-state index contributed by atoms with van der Waals surface area (Å²) >= 11 is 0. The molecule has 7 heteroatoms. The van der Waals surface area contributed by atoms with Gasteiger partial charge in [0.05, 0.1) is 13.2 Å². The van der Waals surface area contributed by atoms with Gasteiger partial charge in [0.15, 0.2) is 0 Å². The van der Waals surface area contributed by atoms with Crippen LogP contribution in [0.25, 0.3) is 0 Å². The molecule has 5 atom stereocenters. The Balaban J connectivity index is 2.00. The van der Waals surface area contributed by atoms with E-state index in [4.69, 9.17) is 14.2 Å². The summed E-state index contributed by atoms with van der Waals surface area (Å²) < 4.78 is 16.0. The number of ether oxygens (including phenoxy) is 3. The maximum Gasteiger partial charge on any atom is 0.119 e. The molecule has 2 rings (SSSR count). The summed E-state index contributed by atoms with van der Waals surface area (Å²) in [6.07, 6.45) is -4.96. The molecule has 0 saturated carbocycles. The second-order valence-corrected chi connectivity index (χ2v) is 5.51. The van der Waals surface area contributed by atoms with Crippen LogP contribution in [-0.2, 0) is 9.47 Å². The Morgan fingerprint density at radius 2 is 1.70 bits per heavy atom. The first kappa shape index (κ1) is 18.1. The third-order valence-corrected chi connectivity index (χ3v) is 3.86. The van der Waals surface area contributed by atoms with E-state index in [2.05, 4.69) is 0 Å². The number of rotatable bonds is 7. The van der Waals surface area contributed by atoms with E-state index >= 15 is 0 Å². The van der Waals surface area contributed by atoms with Gasteiger partial charge in [-0.15, -0.1) is 0 Å². The van der Waals surface area contributed by atoms with E-state index in [9.17, 15) is 20.4 Å². The molecule has 0 amide bonds. The fraction of sp³-hybridized carbons (Fsp3) is 0.625. The van der Waals surface area contributed by atoms with Crippen LogP contribution in [0.2, 0.25) is 0 Å². The molecule has 1 aromatic rings. The molecule has 130 valence electrons. The number of aliphatic hydroxyl groups excluding tert-OH is 4. The summed E-state index contributed by atoms with van der Waals surface area (Å²) in [6, 6.07) is 6.92. The number of hydrogen-bond donors (Lipinski definition) is 4. The van der Waals surface area contributed by atoms with Gasteiger partial charge in [-0.2, -0.15) is 0 Å². The van der Waals surface area contributed by atoms with E-state index in [0.717, 1.165) is 6.42 Å². The Labute approximate surface area is 135 Å². The quantitative estimate of drug-likeness (QED) is 0.505. The molecule has 0 bridgehead atoms. The number of methoxy groups -OCH3 is 1. The van der Waals surface area contributed by atoms with Gasteiger partial charge in [-0.25, -0.2) is 0 Å². The number of hydrogen-bond acceptors (Lipinski definition) is 7. The standard InChI is InChI=1S/C16H24O7/c1-21-7-2-8-22-11-5-3-10(4-6-11)16-15(20)14(19)13(18)12(9-17)23-16/h3-6,12-20H,2,7-9H2,1H3/t12-,13-,14+,15+,16?/m1/s1. The van der Waals surface area contributed by atoms with Gasteiger partial charge >= 0.3 is 0 Å². The molecule has 0 radical (unpaired) electrons. The van der Waals surface area contributed by atoms with Crippen LogP contribution in [0.1, 0.15) is 18.1 Å². The summed E-state index contributed by atoms with van der Waals surface area (Å²) in [7, 11) is 1.63. The highest BCUT2D eigenvalue weighted by atomic mass is 16.5. The van der Waals surface area contributed by atoms with Gasteiger partial charge in [0, 0.05) is 20.1 Å². The van der Waals surface area contributed by atoms with Crippen LogP contribution in [0, 0.1) is 0 Å². The summed E-state index contributed by atoms with van der Waals surface area (Å²) in [5, 5.41) is 38.9. The third-order valence-electron chi connectivity index (χ3n) is 3.86. The SMILES string of the molecule is COCCCOc1ccc(C2O[C@H](CO)[C@@H](O)[C@H](O)[C@@H]2O)cc1. The van der Waals surface area contributed by atoms with Crippen molar-refractivity contribution in [1.82, 2.24) is 0 Å². The van der Waals surface area contributed by atoms with Crippen LogP contribution in [0.5, 0.6) is 5.75 Å². The molecule has 1 aromatic carbocycles. The van der Waals surface area contributed by atoms with Crippen molar-refractivity contribution in [3.8, 4) is 5.75 Å². The lowest BCUT2D eigenvalue weighted by atomic mass is 9.91. The van der Waals surface area contributed by atoms with Crippen molar-refractivity contribution in [2.45, 2.75) is 36.9 Å². The average molecular weight is 328 g/mol. The van der Waals surface area contributed by atoms with Gasteiger partial charge < -0.3 is 34.6 Å². The fourth-order valence-electron chi connectivity index (χ4n) is 2.52. The molecule has 1 saturated heterocycles. The molecule has 1 unspecified atom stereocenters. The van der Waals surface area contributed by atoms with E-state index < -0.39 is 37.1 Å². The molecular formula is C16H24O7. The molecule has 1 fully saturated rings. The maximum absolute atomic E-state index is 10.1. The average Bonchev–Trinajstić information content (AvgIpc) is 2.58. The highest BCUT2D eigenvalue weighted by molar-refractivity contribution is 5.29. The predicted molar refractivity (Wildman–Crippen MR) is 81.2 cm³/mol. The molecule has 1 aliphatic rings. The Morgan fingerprint density at radius 1 is 1.00 bits per heavy atom. The minimum Gasteiger partial charge on any atom is -0.494 e. The second kappa shape index (κ2) is 8.58. The van der Waals surface area contributed by atoms with Crippen LogP contribution in [0.15, 0.2) is 24.3 Å². The molecule has 0 aromatic heterocycles. The Morgan fingerprint density at radius 3 is 2.30 bits per heavy atom. The van der Waals surface area contributed by atoms with Crippen molar-refractivity contribution in [1.29, 1.82) is 0 Å². The van der Waals surface area contributed by atoms with Crippen molar-refractivity contribution in [2.75, 3.05) is 26.9 Å². The van der Waals surface area contributed by atoms with Crippen LogP contribution in [0.3, 0.4) is 0 Å². The van der Waals surface area contributed by atoms with Crippen molar-refractivity contribution in [3.63, 3.8) is 0 Å². The molecule has 1 aliphatic heterocycles. The number of benzene rings is 1. The second-order valence-electron chi connectivity index (χ2n) is 5.51. The van der Waals surface area contributed by atoms with E-state index in [1.54, 1.807) is 31.4 Å². The Hall–Kier alpha value is -1.22. The third kappa shape index (κ3) is 4.41. The van der Waals surface area contributed by atoms with Crippen LogP contribution in [0.4, 0.5) is 0 Å². The Bertz CT molecular complexity index is 462. The van der Waals surface area contributed by atoms with Crippen molar-refractivity contribution in [2.24, 2.45) is 0 Å². The van der Waals surface area contributed by atoms with E-state index in [1.165, 1.54) is 0 Å². The molecule has 4 N–H and O–H groups in total. The predicted octanol–water partition coefficient (Wildman–Crippen LogP) is -0.383. The molecule has 23 heavy (non-hydrogen) atoms. The van der Waals surface area contributed by atoms with Crippen LogP contribution in [-0.4, -0.2) is 71.8 Å². The van der Waals surface area contributed by atoms with Gasteiger partial charge in [-0.1, -0.05) is 12.1 Å². The largest absolute Gasteiger partial charge is 0.494 e. The topological polar surface area (TPSA) is 109 Å². The van der Waals surface area contributed by atoms with Crippen molar-refractivity contribution < 1.29 is 34.6 Å². The molecule has 7 nitrogen and oxygen atoms in total. The van der Waals surface area contributed by atoms with Crippen molar-refractivity contribution in [3.05, 3.63) is 29.8 Å². The first-order chi connectivity index (χ1) is 11.1. The zero-order chi connectivity index (χ0) is 16.8. The van der Waals surface area contributed by atoms with E-state index in [1.807, 2.05) is 0 Å². The highest BCUT2D eigenvalue weighted by Gasteiger charge is 2.43. The summed E-state index contributed by atoms with van der Waals surface area (Å²) in [5.41, 5.74) is 0.631. The van der Waals surface area contributed by atoms with Gasteiger partial charge in [-0.3, -0.25) is 0 Å². The van der Waals surface area contributed by atoms with Crippen molar-refractivity contribution >= 4 is 0 Å². The molecule has 0 spiro atoms.